The molecule has 5 rings (SSSR count). The smallest absolute Gasteiger partial charge is 0.243 e. The van der Waals surface area contributed by atoms with Crippen molar-refractivity contribution in [3.05, 3.63) is 52.5 Å². The van der Waals surface area contributed by atoms with Crippen molar-refractivity contribution >= 4 is 40.1 Å². The number of amides is 1. The number of halogens is 2. The zero-order valence-electron chi connectivity index (χ0n) is 19.0. The van der Waals surface area contributed by atoms with Gasteiger partial charge < -0.3 is 9.47 Å². The molecular weight excluding hydrogens is 453 g/mol. The summed E-state index contributed by atoms with van der Waals surface area (Å²) in [5.41, 5.74) is 2.62. The van der Waals surface area contributed by atoms with Crippen LogP contribution in [0.25, 0.3) is 22.4 Å². The summed E-state index contributed by atoms with van der Waals surface area (Å²) in [5, 5.41) is 1.13. The van der Waals surface area contributed by atoms with Crippen molar-refractivity contribution < 1.29 is 4.79 Å². The Labute approximate surface area is 205 Å². The zero-order valence-corrected chi connectivity index (χ0v) is 20.5. The highest BCUT2D eigenvalue weighted by molar-refractivity contribution is 6.36. The van der Waals surface area contributed by atoms with Gasteiger partial charge in [-0.15, -0.1) is 0 Å². The average Bonchev–Trinajstić information content (AvgIpc) is 3.19. The molecule has 0 N–H and O–H groups in total. The number of nitrogens with zero attached hydrogens (tertiary/aromatic N) is 3. The van der Waals surface area contributed by atoms with E-state index in [0.717, 1.165) is 48.1 Å². The van der Waals surface area contributed by atoms with Crippen LogP contribution in [0.1, 0.15) is 64.2 Å². The topological polar surface area (TPSA) is 38.1 Å². The molecule has 0 unspecified atom stereocenters. The number of hydrogen-bond acceptors (Lipinski definition) is 2. The van der Waals surface area contributed by atoms with Crippen LogP contribution in [0.2, 0.25) is 10.0 Å². The van der Waals surface area contributed by atoms with Crippen LogP contribution in [0.15, 0.2) is 42.5 Å². The number of fused-ring (bicyclic) bond motifs is 1. The fraction of sp³-hybridized carbons (Fsp3) is 0.481. The van der Waals surface area contributed by atoms with Gasteiger partial charge in [0.1, 0.15) is 12.4 Å². The molecule has 1 aromatic heterocycles. The van der Waals surface area contributed by atoms with Gasteiger partial charge in [0.15, 0.2) is 0 Å². The molecule has 0 aliphatic heterocycles. The first kappa shape index (κ1) is 22.7. The van der Waals surface area contributed by atoms with E-state index in [9.17, 15) is 4.79 Å². The van der Waals surface area contributed by atoms with Crippen LogP contribution in [0.5, 0.6) is 0 Å². The van der Waals surface area contributed by atoms with Gasteiger partial charge in [0.25, 0.3) is 0 Å². The highest BCUT2D eigenvalue weighted by atomic mass is 35.5. The summed E-state index contributed by atoms with van der Waals surface area (Å²) < 4.78 is 2.05. The maximum Gasteiger partial charge on any atom is 0.243 e. The van der Waals surface area contributed by atoms with Crippen molar-refractivity contribution in [2.75, 3.05) is 0 Å². The third kappa shape index (κ3) is 4.79. The van der Waals surface area contributed by atoms with Crippen molar-refractivity contribution in [2.45, 2.75) is 82.8 Å². The van der Waals surface area contributed by atoms with Gasteiger partial charge in [-0.1, -0.05) is 73.9 Å². The maximum atomic E-state index is 14.0. The number of para-hydroxylation sites is 2. The monoisotopic (exact) mass is 483 g/mol. The molecule has 0 saturated heterocycles. The highest BCUT2D eigenvalue weighted by Gasteiger charge is 2.33. The summed E-state index contributed by atoms with van der Waals surface area (Å²) in [6.07, 6.45) is 12.0. The Kier molecular flexibility index (Phi) is 6.94. The predicted octanol–water partition coefficient (Wildman–Crippen LogP) is 7.50. The number of aromatic nitrogens is 2. The van der Waals surface area contributed by atoms with Crippen molar-refractivity contribution in [3.63, 3.8) is 0 Å². The lowest BCUT2D eigenvalue weighted by molar-refractivity contribution is -0.138. The van der Waals surface area contributed by atoms with Gasteiger partial charge in [-0.3, -0.25) is 4.79 Å². The SMILES string of the molecule is O=C(Cn1c(-c2ccc(Cl)cc2Cl)nc2ccccc21)N(C1CCCCC1)C1CCCCC1. The Hall–Kier alpha value is -2.04. The molecule has 0 bridgehead atoms. The summed E-state index contributed by atoms with van der Waals surface area (Å²) in [4.78, 5) is 21.2. The molecule has 2 saturated carbocycles. The maximum absolute atomic E-state index is 14.0. The van der Waals surface area contributed by atoms with E-state index in [2.05, 4.69) is 4.90 Å². The fourth-order valence-electron chi connectivity index (χ4n) is 5.75. The Bertz CT molecular complexity index is 1110. The van der Waals surface area contributed by atoms with Crippen LogP contribution in [0.4, 0.5) is 0 Å². The summed E-state index contributed by atoms with van der Waals surface area (Å²) >= 11 is 12.7. The Morgan fingerprint density at radius 3 is 2.18 bits per heavy atom. The molecule has 0 atom stereocenters. The van der Waals surface area contributed by atoms with Crippen molar-refractivity contribution in [2.24, 2.45) is 0 Å². The quantitative estimate of drug-likeness (QED) is 0.376. The van der Waals surface area contributed by atoms with E-state index in [1.807, 2.05) is 41.0 Å². The molecule has 174 valence electrons. The first-order valence-electron chi connectivity index (χ1n) is 12.3. The molecule has 0 radical (unpaired) electrons. The van der Waals surface area contributed by atoms with Crippen LogP contribution in [-0.4, -0.2) is 32.4 Å². The van der Waals surface area contributed by atoms with Crippen molar-refractivity contribution in [3.8, 4) is 11.4 Å². The number of hydrogen-bond donors (Lipinski definition) is 0. The van der Waals surface area contributed by atoms with E-state index >= 15 is 0 Å². The molecule has 6 heteroatoms. The third-order valence-electron chi connectivity index (χ3n) is 7.34. The molecule has 1 amide bonds. The number of benzene rings is 2. The molecule has 2 fully saturated rings. The number of carbonyl (C=O) groups excluding carboxylic acids is 1. The summed E-state index contributed by atoms with van der Waals surface area (Å²) in [6, 6.07) is 14.2. The van der Waals surface area contributed by atoms with Gasteiger partial charge in [-0.2, -0.15) is 0 Å². The van der Waals surface area contributed by atoms with E-state index in [-0.39, 0.29) is 12.5 Å². The van der Waals surface area contributed by atoms with Gasteiger partial charge in [-0.05, 0) is 56.0 Å². The fourth-order valence-corrected chi connectivity index (χ4v) is 6.25. The second-order valence-corrected chi connectivity index (χ2v) is 10.4. The normalized spacial score (nSPS) is 18.0. The number of carbonyl (C=O) groups is 1. The Morgan fingerprint density at radius 2 is 1.55 bits per heavy atom. The number of rotatable bonds is 5. The standard InChI is InChI=1S/C27H31Cl2N3O/c28-19-15-16-22(23(29)17-19)27-30-24-13-7-8-14-25(24)31(27)18-26(33)32(20-9-3-1-4-10-20)21-11-5-2-6-12-21/h7-8,13-17,20-21H,1-6,9-12,18H2. The van der Waals surface area contributed by atoms with Crippen molar-refractivity contribution in [1.29, 1.82) is 0 Å². The molecule has 1 heterocycles. The largest absolute Gasteiger partial charge is 0.335 e. The number of imidazole rings is 1. The van der Waals surface area contributed by atoms with Gasteiger partial charge in [0, 0.05) is 22.7 Å². The van der Waals surface area contributed by atoms with Crippen LogP contribution in [0, 0.1) is 0 Å². The lowest BCUT2D eigenvalue weighted by Gasteiger charge is -2.42. The second kappa shape index (κ2) is 10.1. The van der Waals surface area contributed by atoms with E-state index in [4.69, 9.17) is 28.2 Å². The molecular formula is C27H31Cl2N3O. The van der Waals surface area contributed by atoms with Crippen LogP contribution in [-0.2, 0) is 11.3 Å². The van der Waals surface area contributed by atoms with Gasteiger partial charge in [0.05, 0.1) is 16.1 Å². The van der Waals surface area contributed by atoms with Crippen LogP contribution < -0.4 is 0 Å². The molecule has 33 heavy (non-hydrogen) atoms. The summed E-state index contributed by atoms with van der Waals surface area (Å²) in [7, 11) is 0. The van der Waals surface area contributed by atoms with Gasteiger partial charge >= 0.3 is 0 Å². The van der Waals surface area contributed by atoms with Gasteiger partial charge in [0.2, 0.25) is 5.91 Å². The predicted molar refractivity (Wildman–Crippen MR) is 136 cm³/mol. The van der Waals surface area contributed by atoms with E-state index in [1.54, 1.807) is 6.07 Å². The lowest BCUT2D eigenvalue weighted by atomic mass is 9.88. The zero-order chi connectivity index (χ0) is 22.8. The molecule has 2 aliphatic rings. The second-order valence-electron chi connectivity index (χ2n) is 9.52. The Balaban J connectivity index is 1.53. The molecule has 2 aliphatic carbocycles. The molecule has 4 nitrogen and oxygen atoms in total. The lowest BCUT2D eigenvalue weighted by Crippen LogP contribution is -2.50. The third-order valence-corrected chi connectivity index (χ3v) is 7.89. The minimum atomic E-state index is 0.211. The average molecular weight is 484 g/mol. The van der Waals surface area contributed by atoms with E-state index < -0.39 is 0 Å². The molecule has 0 spiro atoms. The van der Waals surface area contributed by atoms with Crippen LogP contribution >= 0.6 is 23.2 Å². The summed E-state index contributed by atoms with van der Waals surface area (Å²) in [5.74, 6) is 0.932. The Morgan fingerprint density at radius 1 is 0.909 bits per heavy atom. The van der Waals surface area contributed by atoms with E-state index in [1.165, 1.54) is 38.5 Å². The first-order valence-corrected chi connectivity index (χ1v) is 13.1. The van der Waals surface area contributed by atoms with Gasteiger partial charge in [-0.25, -0.2) is 4.98 Å². The first-order chi connectivity index (χ1) is 16.1. The van der Waals surface area contributed by atoms with Crippen molar-refractivity contribution in [1.82, 2.24) is 14.5 Å². The highest BCUT2D eigenvalue weighted by Crippen LogP contribution is 2.34. The van der Waals surface area contributed by atoms with E-state index in [0.29, 0.717) is 22.1 Å². The minimum Gasteiger partial charge on any atom is -0.335 e. The minimum absolute atomic E-state index is 0.211. The summed E-state index contributed by atoms with van der Waals surface area (Å²) in [6.45, 7) is 0.280. The van der Waals surface area contributed by atoms with Crippen LogP contribution in [0.3, 0.4) is 0 Å². The molecule has 2 aromatic carbocycles. The molecule has 3 aromatic rings.